The third kappa shape index (κ3) is 4.48. The summed E-state index contributed by atoms with van der Waals surface area (Å²) in [5.74, 6) is 0. The molecule has 2 N–H and O–H groups in total. The van der Waals surface area contributed by atoms with Crippen LogP contribution in [0.15, 0.2) is 34.3 Å². The molecule has 17 heavy (non-hydrogen) atoms. The Morgan fingerprint density at radius 2 is 2.00 bits per heavy atom. The Bertz CT molecular complexity index is 401. The number of hydrogen-bond donors (Lipinski definition) is 2. The Morgan fingerprint density at radius 3 is 2.53 bits per heavy atom. The number of thioether (sulfide) groups is 1. The molecule has 0 radical (unpaired) electrons. The second-order valence-electron chi connectivity index (χ2n) is 3.40. The molecule has 0 heterocycles. The lowest BCUT2D eigenvalue weighted by Gasteiger charge is -2.04. The number of amides is 2. The molecular formula is C12H17N3OS. The van der Waals surface area contributed by atoms with Gasteiger partial charge in [0.25, 0.3) is 0 Å². The Labute approximate surface area is 106 Å². The minimum Gasteiger partial charge on any atom is -0.337 e. The summed E-state index contributed by atoms with van der Waals surface area (Å²) in [6.45, 7) is 4.31. The molecule has 4 nitrogen and oxygen atoms in total. The summed E-state index contributed by atoms with van der Waals surface area (Å²) in [6.07, 6.45) is 2.03. The van der Waals surface area contributed by atoms with Crippen LogP contribution in [-0.4, -0.2) is 24.5 Å². The van der Waals surface area contributed by atoms with Crippen molar-refractivity contribution in [3.8, 4) is 0 Å². The number of urea groups is 1. The van der Waals surface area contributed by atoms with Crippen molar-refractivity contribution in [2.24, 2.45) is 5.10 Å². The molecule has 1 rings (SSSR count). The van der Waals surface area contributed by atoms with E-state index in [1.165, 1.54) is 4.90 Å². The average Bonchev–Trinajstić information content (AvgIpc) is 2.36. The predicted molar refractivity (Wildman–Crippen MR) is 72.6 cm³/mol. The first-order valence-corrected chi connectivity index (χ1v) is 6.62. The summed E-state index contributed by atoms with van der Waals surface area (Å²) >= 11 is 1.69. The summed E-state index contributed by atoms with van der Waals surface area (Å²) in [7, 11) is 0. The van der Waals surface area contributed by atoms with Crippen molar-refractivity contribution in [2.75, 3.05) is 12.8 Å². The standard InChI is InChI=1S/C12H17N3OS/c1-4-13-12(16)15-14-9(2)10-5-7-11(17-3)8-6-10/h5-8H,4H2,1-3H3,(H2,13,15,16)/b14-9+. The van der Waals surface area contributed by atoms with Gasteiger partial charge in [0, 0.05) is 11.4 Å². The van der Waals surface area contributed by atoms with Crippen LogP contribution in [0.4, 0.5) is 4.79 Å². The van der Waals surface area contributed by atoms with Crippen molar-refractivity contribution in [1.29, 1.82) is 0 Å². The van der Waals surface area contributed by atoms with Gasteiger partial charge in [-0.1, -0.05) is 12.1 Å². The average molecular weight is 251 g/mol. The second kappa shape index (κ2) is 6.96. The van der Waals surface area contributed by atoms with Crippen LogP contribution in [0.25, 0.3) is 0 Å². The highest BCUT2D eigenvalue weighted by molar-refractivity contribution is 7.98. The van der Waals surface area contributed by atoms with Crippen LogP contribution in [-0.2, 0) is 0 Å². The Balaban J connectivity index is 2.64. The van der Waals surface area contributed by atoms with Crippen molar-refractivity contribution >= 4 is 23.5 Å². The summed E-state index contributed by atoms with van der Waals surface area (Å²) in [5.41, 5.74) is 4.22. The van der Waals surface area contributed by atoms with E-state index in [1.54, 1.807) is 11.8 Å². The molecule has 0 aliphatic carbocycles. The van der Waals surface area contributed by atoms with Gasteiger partial charge in [-0.25, -0.2) is 10.2 Å². The number of carbonyl (C=O) groups excluding carboxylic acids is 1. The van der Waals surface area contributed by atoms with Gasteiger partial charge >= 0.3 is 6.03 Å². The van der Waals surface area contributed by atoms with Crippen LogP contribution >= 0.6 is 11.8 Å². The summed E-state index contributed by atoms with van der Waals surface area (Å²) in [5, 5.41) is 6.63. The second-order valence-corrected chi connectivity index (χ2v) is 4.28. The Morgan fingerprint density at radius 1 is 1.35 bits per heavy atom. The van der Waals surface area contributed by atoms with Gasteiger partial charge in [0.2, 0.25) is 0 Å². The summed E-state index contributed by atoms with van der Waals surface area (Å²) in [4.78, 5) is 12.4. The normalized spacial score (nSPS) is 11.1. The molecule has 5 heteroatoms. The van der Waals surface area contributed by atoms with Crippen LogP contribution in [0.1, 0.15) is 19.4 Å². The molecule has 0 saturated carbocycles. The zero-order valence-electron chi connectivity index (χ0n) is 10.3. The van der Waals surface area contributed by atoms with Gasteiger partial charge in [0.05, 0.1) is 5.71 Å². The van der Waals surface area contributed by atoms with E-state index < -0.39 is 0 Å². The third-order valence-electron chi connectivity index (χ3n) is 2.17. The van der Waals surface area contributed by atoms with Crippen LogP contribution in [0.3, 0.4) is 0 Å². The van der Waals surface area contributed by atoms with Crippen LogP contribution < -0.4 is 10.7 Å². The highest BCUT2D eigenvalue weighted by Crippen LogP contribution is 2.15. The van der Waals surface area contributed by atoms with E-state index in [0.29, 0.717) is 6.54 Å². The van der Waals surface area contributed by atoms with Gasteiger partial charge in [-0.3, -0.25) is 0 Å². The van der Waals surface area contributed by atoms with Crippen LogP contribution in [0.5, 0.6) is 0 Å². The van der Waals surface area contributed by atoms with Crippen molar-refractivity contribution in [3.63, 3.8) is 0 Å². The Kier molecular flexibility index (Phi) is 5.56. The minimum atomic E-state index is -0.285. The highest BCUT2D eigenvalue weighted by Gasteiger charge is 1.99. The number of rotatable bonds is 4. The van der Waals surface area contributed by atoms with Gasteiger partial charge < -0.3 is 5.32 Å². The maximum atomic E-state index is 11.1. The van der Waals surface area contributed by atoms with Crippen molar-refractivity contribution in [3.05, 3.63) is 29.8 Å². The molecule has 0 saturated heterocycles. The lowest BCUT2D eigenvalue weighted by molar-refractivity contribution is 0.242. The van der Waals surface area contributed by atoms with E-state index >= 15 is 0 Å². The van der Waals surface area contributed by atoms with Crippen LogP contribution in [0.2, 0.25) is 0 Å². The first kappa shape index (κ1) is 13.6. The zero-order chi connectivity index (χ0) is 12.7. The van der Waals surface area contributed by atoms with E-state index in [4.69, 9.17) is 0 Å². The van der Waals surface area contributed by atoms with E-state index in [1.807, 2.05) is 44.4 Å². The number of carbonyl (C=O) groups is 1. The van der Waals surface area contributed by atoms with E-state index in [2.05, 4.69) is 15.8 Å². The number of benzene rings is 1. The van der Waals surface area contributed by atoms with E-state index in [9.17, 15) is 4.79 Å². The maximum absolute atomic E-state index is 11.1. The van der Waals surface area contributed by atoms with Crippen molar-refractivity contribution in [2.45, 2.75) is 18.7 Å². The maximum Gasteiger partial charge on any atom is 0.335 e. The van der Waals surface area contributed by atoms with Gasteiger partial charge in [-0.2, -0.15) is 5.10 Å². The fourth-order valence-corrected chi connectivity index (χ4v) is 1.64. The molecule has 0 fully saturated rings. The molecule has 2 amide bonds. The minimum absolute atomic E-state index is 0.285. The lowest BCUT2D eigenvalue weighted by Crippen LogP contribution is -2.32. The fourth-order valence-electron chi connectivity index (χ4n) is 1.23. The topological polar surface area (TPSA) is 53.5 Å². The molecule has 0 aliphatic rings. The number of nitrogens with zero attached hydrogens (tertiary/aromatic N) is 1. The van der Waals surface area contributed by atoms with Crippen molar-refractivity contribution < 1.29 is 4.79 Å². The van der Waals surface area contributed by atoms with Gasteiger partial charge in [0.1, 0.15) is 0 Å². The number of nitrogens with one attached hydrogen (secondary N) is 2. The quantitative estimate of drug-likeness (QED) is 0.490. The lowest BCUT2D eigenvalue weighted by atomic mass is 10.1. The molecule has 1 aromatic carbocycles. The molecule has 0 atom stereocenters. The van der Waals surface area contributed by atoms with Gasteiger partial charge in [-0.15, -0.1) is 11.8 Å². The predicted octanol–water partition coefficient (Wildman–Crippen LogP) is 2.45. The SMILES string of the molecule is CCNC(=O)N/N=C(\C)c1ccc(SC)cc1. The molecule has 92 valence electrons. The summed E-state index contributed by atoms with van der Waals surface area (Å²) < 4.78 is 0. The fraction of sp³-hybridized carbons (Fsp3) is 0.333. The van der Waals surface area contributed by atoms with E-state index in [-0.39, 0.29) is 6.03 Å². The summed E-state index contributed by atoms with van der Waals surface area (Å²) in [6, 6.07) is 7.76. The smallest absolute Gasteiger partial charge is 0.335 e. The first-order chi connectivity index (χ1) is 8.17. The van der Waals surface area contributed by atoms with E-state index in [0.717, 1.165) is 11.3 Å². The molecular weight excluding hydrogens is 234 g/mol. The van der Waals surface area contributed by atoms with Gasteiger partial charge in [-0.05, 0) is 37.8 Å². The number of hydrogen-bond acceptors (Lipinski definition) is 3. The molecule has 0 aromatic heterocycles. The number of hydrazone groups is 1. The molecule has 1 aromatic rings. The Hall–Kier alpha value is -1.49. The molecule has 0 aliphatic heterocycles. The third-order valence-corrected chi connectivity index (χ3v) is 2.91. The first-order valence-electron chi connectivity index (χ1n) is 5.40. The van der Waals surface area contributed by atoms with Gasteiger partial charge in [0.15, 0.2) is 0 Å². The molecule has 0 unspecified atom stereocenters. The molecule has 0 spiro atoms. The molecule has 0 bridgehead atoms. The highest BCUT2D eigenvalue weighted by atomic mass is 32.2. The largest absolute Gasteiger partial charge is 0.337 e. The van der Waals surface area contributed by atoms with Crippen molar-refractivity contribution in [1.82, 2.24) is 10.7 Å². The zero-order valence-corrected chi connectivity index (χ0v) is 11.1. The van der Waals surface area contributed by atoms with Crippen LogP contribution in [0, 0.1) is 0 Å². The monoisotopic (exact) mass is 251 g/mol.